The fraction of sp³-hybridized carbons (Fsp3) is 1.00. The Bertz CT molecular complexity index is 255. The van der Waals surface area contributed by atoms with Gasteiger partial charge in [-0.1, -0.05) is 26.7 Å². The van der Waals surface area contributed by atoms with Crippen molar-refractivity contribution in [1.29, 1.82) is 0 Å². The first kappa shape index (κ1) is 16.8. The molecule has 0 radical (unpaired) electrons. The molecule has 0 aromatic carbocycles. The van der Waals surface area contributed by atoms with Gasteiger partial charge in [0.15, 0.2) is 0 Å². The van der Waals surface area contributed by atoms with E-state index in [1.165, 1.54) is 25.7 Å². The van der Waals surface area contributed by atoms with Crippen LogP contribution in [0.5, 0.6) is 0 Å². The van der Waals surface area contributed by atoms with E-state index in [9.17, 15) is 13.2 Å². The third-order valence-electron chi connectivity index (χ3n) is 4.45. The molecule has 0 spiro atoms. The van der Waals surface area contributed by atoms with Gasteiger partial charge in [0.05, 0.1) is 0 Å². The summed E-state index contributed by atoms with van der Waals surface area (Å²) in [4.78, 5) is 0. The maximum absolute atomic E-state index is 12.3. The summed E-state index contributed by atoms with van der Waals surface area (Å²) in [5.74, 6) is 0.608. The van der Waals surface area contributed by atoms with E-state index in [4.69, 9.17) is 0 Å². The number of hydrogen-bond donors (Lipinski definition) is 1. The van der Waals surface area contributed by atoms with Gasteiger partial charge in [0.2, 0.25) is 0 Å². The standard InChI is InChI=1S/C15H28F3N/c1-12(2)11-14(8-4-5-9-14)13(19-3)7-6-10-15(16,17)18/h12-13,19H,4-11H2,1-3H3. The van der Waals surface area contributed by atoms with Crippen LogP contribution in [0, 0.1) is 11.3 Å². The molecule has 1 atom stereocenters. The highest BCUT2D eigenvalue weighted by Crippen LogP contribution is 2.47. The third-order valence-corrected chi connectivity index (χ3v) is 4.45. The largest absolute Gasteiger partial charge is 0.389 e. The summed E-state index contributed by atoms with van der Waals surface area (Å²) in [7, 11) is 1.90. The molecule has 0 aromatic rings. The van der Waals surface area contributed by atoms with Crippen molar-refractivity contribution in [3.8, 4) is 0 Å². The average molecular weight is 279 g/mol. The number of nitrogens with one attached hydrogen (secondary N) is 1. The first-order valence-corrected chi connectivity index (χ1v) is 7.53. The zero-order valence-electron chi connectivity index (χ0n) is 12.4. The molecule has 0 bridgehead atoms. The minimum absolute atomic E-state index is 0.231. The van der Waals surface area contributed by atoms with E-state index < -0.39 is 12.6 Å². The van der Waals surface area contributed by atoms with Crippen molar-refractivity contribution < 1.29 is 13.2 Å². The van der Waals surface area contributed by atoms with Crippen molar-refractivity contribution in [1.82, 2.24) is 5.32 Å². The fourth-order valence-corrected chi connectivity index (χ4v) is 3.85. The van der Waals surface area contributed by atoms with E-state index in [0.717, 1.165) is 6.42 Å². The fourth-order valence-electron chi connectivity index (χ4n) is 3.85. The molecule has 0 heterocycles. The van der Waals surface area contributed by atoms with Gasteiger partial charge < -0.3 is 5.32 Å². The predicted molar refractivity (Wildman–Crippen MR) is 73.1 cm³/mol. The Morgan fingerprint density at radius 1 is 1.16 bits per heavy atom. The van der Waals surface area contributed by atoms with E-state index >= 15 is 0 Å². The molecule has 1 nitrogen and oxygen atoms in total. The summed E-state index contributed by atoms with van der Waals surface area (Å²) in [5.41, 5.74) is 0.231. The van der Waals surface area contributed by atoms with Gasteiger partial charge in [-0.25, -0.2) is 0 Å². The molecule has 1 N–H and O–H groups in total. The number of hydrogen-bond acceptors (Lipinski definition) is 1. The number of rotatable bonds is 7. The van der Waals surface area contributed by atoms with Gasteiger partial charge in [-0.3, -0.25) is 0 Å². The highest BCUT2D eigenvalue weighted by Gasteiger charge is 2.41. The summed E-state index contributed by atoms with van der Waals surface area (Å²) in [6.07, 6.45) is 2.14. The Kier molecular flexibility index (Phi) is 6.15. The van der Waals surface area contributed by atoms with Crippen LogP contribution in [0.25, 0.3) is 0 Å². The topological polar surface area (TPSA) is 12.0 Å². The molecule has 1 aliphatic rings. The smallest absolute Gasteiger partial charge is 0.316 e. The Morgan fingerprint density at radius 2 is 1.74 bits per heavy atom. The zero-order valence-corrected chi connectivity index (χ0v) is 12.4. The Labute approximate surface area is 115 Å². The molecular formula is C15H28F3N. The van der Waals surface area contributed by atoms with Gasteiger partial charge in [-0.2, -0.15) is 13.2 Å². The van der Waals surface area contributed by atoms with Crippen LogP contribution < -0.4 is 5.32 Å². The molecule has 0 aliphatic heterocycles. The second-order valence-corrected chi connectivity index (χ2v) is 6.52. The van der Waals surface area contributed by atoms with Crippen LogP contribution in [-0.2, 0) is 0 Å². The van der Waals surface area contributed by atoms with Crippen molar-refractivity contribution in [3.05, 3.63) is 0 Å². The van der Waals surface area contributed by atoms with Gasteiger partial charge in [0.25, 0.3) is 0 Å². The van der Waals surface area contributed by atoms with Crippen LogP contribution in [0.1, 0.15) is 65.2 Å². The second kappa shape index (κ2) is 6.96. The van der Waals surface area contributed by atoms with Crippen LogP contribution in [0.4, 0.5) is 13.2 Å². The monoisotopic (exact) mass is 279 g/mol. The van der Waals surface area contributed by atoms with E-state index in [2.05, 4.69) is 19.2 Å². The van der Waals surface area contributed by atoms with Crippen molar-refractivity contribution in [2.45, 2.75) is 77.4 Å². The number of alkyl halides is 3. The molecule has 1 fully saturated rings. The Hall–Kier alpha value is -0.250. The first-order valence-electron chi connectivity index (χ1n) is 7.53. The van der Waals surface area contributed by atoms with E-state index in [0.29, 0.717) is 12.3 Å². The van der Waals surface area contributed by atoms with Crippen LogP contribution in [0.3, 0.4) is 0 Å². The first-order chi connectivity index (χ1) is 8.79. The summed E-state index contributed by atoms with van der Waals surface area (Å²) in [5, 5.41) is 3.31. The molecule has 1 unspecified atom stereocenters. The highest BCUT2D eigenvalue weighted by molar-refractivity contribution is 4.94. The van der Waals surface area contributed by atoms with Crippen molar-refractivity contribution in [2.24, 2.45) is 11.3 Å². The van der Waals surface area contributed by atoms with Gasteiger partial charge in [-0.05, 0) is 50.5 Å². The van der Waals surface area contributed by atoms with Crippen molar-refractivity contribution in [3.63, 3.8) is 0 Å². The lowest BCUT2D eigenvalue weighted by atomic mass is 9.71. The maximum Gasteiger partial charge on any atom is 0.389 e. The molecule has 114 valence electrons. The van der Waals surface area contributed by atoms with Crippen molar-refractivity contribution >= 4 is 0 Å². The number of halogens is 3. The summed E-state index contributed by atoms with van der Waals surface area (Å²) in [6, 6.07) is 0.236. The molecule has 4 heteroatoms. The Balaban J connectivity index is 2.59. The second-order valence-electron chi connectivity index (χ2n) is 6.52. The van der Waals surface area contributed by atoms with Gasteiger partial charge >= 0.3 is 6.18 Å². The van der Waals surface area contributed by atoms with Crippen molar-refractivity contribution in [2.75, 3.05) is 7.05 Å². The van der Waals surface area contributed by atoms with Crippen LogP contribution in [0.2, 0.25) is 0 Å². The van der Waals surface area contributed by atoms with Crippen LogP contribution in [0.15, 0.2) is 0 Å². The van der Waals surface area contributed by atoms with E-state index in [-0.39, 0.29) is 17.9 Å². The molecule has 0 aromatic heterocycles. The van der Waals surface area contributed by atoms with E-state index in [1.807, 2.05) is 7.05 Å². The summed E-state index contributed by atoms with van der Waals surface area (Å²) < 4.78 is 36.8. The van der Waals surface area contributed by atoms with Crippen LogP contribution >= 0.6 is 0 Å². The van der Waals surface area contributed by atoms with Gasteiger partial charge in [0, 0.05) is 12.5 Å². The predicted octanol–water partition coefficient (Wildman–Crippen LogP) is 4.91. The van der Waals surface area contributed by atoms with Gasteiger partial charge in [0.1, 0.15) is 0 Å². The minimum atomic E-state index is -4.01. The lowest BCUT2D eigenvalue weighted by Gasteiger charge is -2.39. The molecular weight excluding hydrogens is 251 g/mol. The zero-order chi connectivity index (χ0) is 14.5. The lowest BCUT2D eigenvalue weighted by Crippen LogP contribution is -2.43. The molecule has 1 saturated carbocycles. The van der Waals surface area contributed by atoms with E-state index in [1.54, 1.807) is 0 Å². The third kappa shape index (κ3) is 5.33. The van der Waals surface area contributed by atoms with Gasteiger partial charge in [-0.15, -0.1) is 0 Å². The van der Waals surface area contributed by atoms with Crippen LogP contribution in [-0.4, -0.2) is 19.3 Å². The average Bonchev–Trinajstić information content (AvgIpc) is 2.71. The maximum atomic E-state index is 12.3. The SMILES string of the molecule is CNC(CCCC(F)(F)F)C1(CC(C)C)CCCC1. The molecule has 19 heavy (non-hydrogen) atoms. The minimum Gasteiger partial charge on any atom is -0.316 e. The molecule has 0 saturated heterocycles. The molecule has 1 rings (SSSR count). The Morgan fingerprint density at radius 3 is 2.16 bits per heavy atom. The normalized spacial score (nSPS) is 21.0. The lowest BCUT2D eigenvalue weighted by molar-refractivity contribution is -0.136. The molecule has 1 aliphatic carbocycles. The quantitative estimate of drug-likeness (QED) is 0.698. The summed E-state index contributed by atoms with van der Waals surface area (Å²) >= 11 is 0. The summed E-state index contributed by atoms with van der Waals surface area (Å²) in [6.45, 7) is 4.42. The molecule has 0 amide bonds. The highest BCUT2D eigenvalue weighted by atomic mass is 19.4.